The van der Waals surface area contributed by atoms with Gasteiger partial charge in [0, 0.05) is 24.3 Å². The molecular weight excluding hydrogens is 256 g/mol. The molecule has 0 aliphatic carbocycles. The van der Waals surface area contributed by atoms with E-state index in [1.54, 1.807) is 12.1 Å². The van der Waals surface area contributed by atoms with Gasteiger partial charge in [0.05, 0.1) is 25.9 Å². The summed E-state index contributed by atoms with van der Waals surface area (Å²) in [6.45, 7) is 4.64. The third kappa shape index (κ3) is 4.21. The summed E-state index contributed by atoms with van der Waals surface area (Å²) in [7, 11) is 1.38. The Kier molecular flexibility index (Phi) is 5.38. The zero-order valence-electron chi connectivity index (χ0n) is 12.0. The Morgan fingerprint density at radius 2 is 2.25 bits per heavy atom. The largest absolute Gasteiger partial charge is 0.465 e. The lowest BCUT2D eigenvalue weighted by Gasteiger charge is -2.27. The molecule has 2 atom stereocenters. The minimum atomic E-state index is -0.312. The molecule has 1 aromatic rings. The third-order valence-electron chi connectivity index (χ3n) is 3.36. The smallest absolute Gasteiger partial charge is 0.337 e. The standard InChI is InChI=1S/C15H22N2O3/c1-11(9-14-10-20-8-7-16-14)17-13-5-3-12(4-6-13)15(18)19-2/h3-6,11,14,16-17H,7-10H2,1-2H3. The molecule has 110 valence electrons. The third-order valence-corrected chi connectivity index (χ3v) is 3.36. The molecule has 5 heteroatoms. The van der Waals surface area contributed by atoms with Crippen molar-refractivity contribution in [1.29, 1.82) is 0 Å². The Morgan fingerprint density at radius 1 is 1.50 bits per heavy atom. The van der Waals surface area contributed by atoms with Gasteiger partial charge in [0.25, 0.3) is 0 Å². The van der Waals surface area contributed by atoms with Crippen LogP contribution < -0.4 is 10.6 Å². The second-order valence-electron chi connectivity index (χ2n) is 5.08. The Labute approximate surface area is 119 Å². The molecule has 1 aliphatic rings. The fourth-order valence-electron chi connectivity index (χ4n) is 2.36. The number of morpholine rings is 1. The summed E-state index contributed by atoms with van der Waals surface area (Å²) in [5.74, 6) is -0.312. The van der Waals surface area contributed by atoms with Crippen molar-refractivity contribution in [2.75, 3.05) is 32.2 Å². The van der Waals surface area contributed by atoms with E-state index >= 15 is 0 Å². The van der Waals surface area contributed by atoms with Crippen LogP contribution in [0.4, 0.5) is 5.69 Å². The van der Waals surface area contributed by atoms with Gasteiger partial charge in [-0.3, -0.25) is 0 Å². The maximum absolute atomic E-state index is 11.3. The molecule has 0 saturated carbocycles. The van der Waals surface area contributed by atoms with E-state index in [-0.39, 0.29) is 5.97 Å². The van der Waals surface area contributed by atoms with Crippen LogP contribution in [0.25, 0.3) is 0 Å². The van der Waals surface area contributed by atoms with Crippen molar-refractivity contribution in [3.63, 3.8) is 0 Å². The molecule has 20 heavy (non-hydrogen) atoms. The van der Waals surface area contributed by atoms with E-state index < -0.39 is 0 Å². The van der Waals surface area contributed by atoms with Gasteiger partial charge in [0.1, 0.15) is 0 Å². The lowest BCUT2D eigenvalue weighted by molar-refractivity contribution is 0.0601. The van der Waals surface area contributed by atoms with E-state index in [0.717, 1.165) is 31.9 Å². The first-order valence-electron chi connectivity index (χ1n) is 6.95. The number of benzene rings is 1. The Bertz CT molecular complexity index is 427. The van der Waals surface area contributed by atoms with Crippen LogP contribution in [0, 0.1) is 0 Å². The summed E-state index contributed by atoms with van der Waals surface area (Å²) in [6.07, 6.45) is 0.999. The van der Waals surface area contributed by atoms with E-state index in [1.807, 2.05) is 12.1 Å². The zero-order chi connectivity index (χ0) is 14.4. The molecule has 2 unspecified atom stereocenters. The number of nitrogens with one attached hydrogen (secondary N) is 2. The van der Waals surface area contributed by atoms with E-state index in [2.05, 4.69) is 22.3 Å². The number of esters is 1. The maximum Gasteiger partial charge on any atom is 0.337 e. The van der Waals surface area contributed by atoms with Crippen LogP contribution in [0.5, 0.6) is 0 Å². The number of ether oxygens (including phenoxy) is 2. The van der Waals surface area contributed by atoms with Gasteiger partial charge in [0.15, 0.2) is 0 Å². The van der Waals surface area contributed by atoms with Crippen molar-refractivity contribution in [2.45, 2.75) is 25.4 Å². The molecule has 1 fully saturated rings. The molecule has 0 bridgehead atoms. The number of hydrogen-bond acceptors (Lipinski definition) is 5. The summed E-state index contributed by atoms with van der Waals surface area (Å²) < 4.78 is 10.1. The van der Waals surface area contributed by atoms with Gasteiger partial charge in [-0.05, 0) is 37.6 Å². The number of methoxy groups -OCH3 is 1. The first-order chi connectivity index (χ1) is 9.69. The lowest BCUT2D eigenvalue weighted by atomic mass is 10.1. The van der Waals surface area contributed by atoms with Gasteiger partial charge in [-0.2, -0.15) is 0 Å². The van der Waals surface area contributed by atoms with Crippen molar-refractivity contribution >= 4 is 11.7 Å². The van der Waals surface area contributed by atoms with E-state index in [0.29, 0.717) is 17.6 Å². The van der Waals surface area contributed by atoms with Gasteiger partial charge < -0.3 is 20.1 Å². The summed E-state index contributed by atoms with van der Waals surface area (Å²) >= 11 is 0. The molecule has 1 aliphatic heterocycles. The van der Waals surface area contributed by atoms with Crippen LogP contribution in [0.3, 0.4) is 0 Å². The first kappa shape index (κ1) is 14.8. The number of carbonyl (C=O) groups is 1. The SMILES string of the molecule is COC(=O)c1ccc(NC(C)CC2COCCN2)cc1. The highest BCUT2D eigenvalue weighted by Gasteiger charge is 2.16. The van der Waals surface area contributed by atoms with E-state index in [4.69, 9.17) is 4.74 Å². The second-order valence-corrected chi connectivity index (χ2v) is 5.08. The predicted molar refractivity (Wildman–Crippen MR) is 78.1 cm³/mol. The summed E-state index contributed by atoms with van der Waals surface area (Å²) in [5.41, 5.74) is 1.56. The minimum Gasteiger partial charge on any atom is -0.465 e. The summed E-state index contributed by atoms with van der Waals surface area (Å²) in [5, 5.41) is 6.87. The molecule has 0 amide bonds. The van der Waals surface area contributed by atoms with Crippen LogP contribution >= 0.6 is 0 Å². The normalized spacial score (nSPS) is 20.2. The summed E-state index contributed by atoms with van der Waals surface area (Å²) in [4.78, 5) is 11.3. The lowest BCUT2D eigenvalue weighted by Crippen LogP contribution is -2.43. The number of rotatable bonds is 5. The highest BCUT2D eigenvalue weighted by Crippen LogP contribution is 2.13. The minimum absolute atomic E-state index is 0.312. The Balaban J connectivity index is 1.84. The van der Waals surface area contributed by atoms with Crippen molar-refractivity contribution in [2.24, 2.45) is 0 Å². The van der Waals surface area contributed by atoms with Gasteiger partial charge in [-0.1, -0.05) is 0 Å². The summed E-state index contributed by atoms with van der Waals surface area (Å²) in [6, 6.07) is 8.06. The average Bonchev–Trinajstić information content (AvgIpc) is 2.48. The highest BCUT2D eigenvalue weighted by atomic mass is 16.5. The van der Waals surface area contributed by atoms with Gasteiger partial charge in [-0.15, -0.1) is 0 Å². The zero-order valence-corrected chi connectivity index (χ0v) is 12.0. The molecule has 0 aromatic heterocycles. The molecule has 1 aromatic carbocycles. The fraction of sp³-hybridized carbons (Fsp3) is 0.533. The molecule has 0 spiro atoms. The molecule has 1 saturated heterocycles. The van der Waals surface area contributed by atoms with Crippen molar-refractivity contribution in [1.82, 2.24) is 5.32 Å². The van der Waals surface area contributed by atoms with E-state index in [1.165, 1.54) is 7.11 Å². The first-order valence-corrected chi connectivity index (χ1v) is 6.95. The molecule has 1 heterocycles. The molecular formula is C15H22N2O3. The van der Waals surface area contributed by atoms with Crippen LogP contribution in [0.15, 0.2) is 24.3 Å². The highest BCUT2D eigenvalue weighted by molar-refractivity contribution is 5.89. The van der Waals surface area contributed by atoms with Crippen molar-refractivity contribution in [3.8, 4) is 0 Å². The van der Waals surface area contributed by atoms with Crippen molar-refractivity contribution < 1.29 is 14.3 Å². The predicted octanol–water partition coefficient (Wildman–Crippen LogP) is 1.65. The van der Waals surface area contributed by atoms with E-state index in [9.17, 15) is 4.79 Å². The fourth-order valence-corrected chi connectivity index (χ4v) is 2.36. The Morgan fingerprint density at radius 3 is 2.85 bits per heavy atom. The number of hydrogen-bond donors (Lipinski definition) is 2. The topological polar surface area (TPSA) is 59.6 Å². The average molecular weight is 278 g/mol. The van der Waals surface area contributed by atoms with Crippen LogP contribution in [-0.4, -0.2) is 44.9 Å². The van der Waals surface area contributed by atoms with Crippen LogP contribution in [0.2, 0.25) is 0 Å². The number of anilines is 1. The van der Waals surface area contributed by atoms with Crippen LogP contribution in [0.1, 0.15) is 23.7 Å². The maximum atomic E-state index is 11.3. The molecule has 0 radical (unpaired) electrons. The molecule has 5 nitrogen and oxygen atoms in total. The second kappa shape index (κ2) is 7.26. The van der Waals surface area contributed by atoms with Gasteiger partial charge in [0.2, 0.25) is 0 Å². The quantitative estimate of drug-likeness (QED) is 0.802. The monoisotopic (exact) mass is 278 g/mol. The number of carbonyl (C=O) groups excluding carboxylic acids is 1. The molecule has 2 N–H and O–H groups in total. The van der Waals surface area contributed by atoms with Gasteiger partial charge in [-0.25, -0.2) is 4.79 Å². The Hall–Kier alpha value is -1.59. The van der Waals surface area contributed by atoms with Crippen molar-refractivity contribution in [3.05, 3.63) is 29.8 Å². The molecule has 2 rings (SSSR count). The van der Waals surface area contributed by atoms with Crippen LogP contribution in [-0.2, 0) is 9.47 Å². The van der Waals surface area contributed by atoms with Gasteiger partial charge >= 0.3 is 5.97 Å².